The average molecular weight is 730 g/mol. The summed E-state index contributed by atoms with van der Waals surface area (Å²) in [6.07, 6.45) is -21.5. The standard InChI is InChI=1S/C30H14F12O8/c1-11(27(31,32)33)23(43)47-15-7-19-17(21(9-15)49-25(45)13(3)29(37,38)39)5-6-18-20(19)8-16(48-24(44)12(2)28(34,35)36)10-22(18)50-26(46)14(4)30(40,41)42/h5-10H,1-4H2. The van der Waals surface area contributed by atoms with Gasteiger partial charge in [0.05, 0.1) is 0 Å². The van der Waals surface area contributed by atoms with Crippen LogP contribution in [0.2, 0.25) is 0 Å². The summed E-state index contributed by atoms with van der Waals surface area (Å²) in [4.78, 5) is 48.8. The molecule has 8 nitrogen and oxygen atoms in total. The number of hydrogen-bond acceptors (Lipinski definition) is 8. The number of benzene rings is 3. The van der Waals surface area contributed by atoms with Crippen molar-refractivity contribution in [2.24, 2.45) is 0 Å². The third kappa shape index (κ3) is 8.60. The first kappa shape index (κ1) is 38.6. The zero-order valence-corrected chi connectivity index (χ0v) is 24.1. The van der Waals surface area contributed by atoms with Crippen LogP contribution in [0.15, 0.2) is 85.0 Å². The molecule has 266 valence electrons. The summed E-state index contributed by atoms with van der Waals surface area (Å²) in [6, 6.07) is 3.95. The molecular formula is C30H14F12O8. The third-order valence-electron chi connectivity index (χ3n) is 6.12. The van der Waals surface area contributed by atoms with Crippen molar-refractivity contribution in [3.05, 3.63) is 85.0 Å². The Labute approximate surface area is 269 Å². The largest absolute Gasteiger partial charge is 0.423 e. The molecule has 0 aliphatic heterocycles. The second-order valence-electron chi connectivity index (χ2n) is 9.56. The van der Waals surface area contributed by atoms with Gasteiger partial charge >= 0.3 is 48.6 Å². The molecule has 0 unspecified atom stereocenters. The minimum atomic E-state index is -5.37. The molecule has 0 fully saturated rings. The zero-order valence-electron chi connectivity index (χ0n) is 24.1. The third-order valence-corrected chi connectivity index (χ3v) is 6.12. The summed E-state index contributed by atoms with van der Waals surface area (Å²) < 4.78 is 176. The van der Waals surface area contributed by atoms with Crippen LogP contribution < -0.4 is 18.9 Å². The number of hydrogen-bond donors (Lipinski definition) is 0. The predicted octanol–water partition coefficient (Wildman–Crippen LogP) is 8.09. The van der Waals surface area contributed by atoms with Crippen LogP contribution in [0.3, 0.4) is 0 Å². The number of fused-ring (bicyclic) bond motifs is 3. The van der Waals surface area contributed by atoms with Gasteiger partial charge in [-0.3, -0.25) is 0 Å². The first-order valence-electron chi connectivity index (χ1n) is 12.6. The van der Waals surface area contributed by atoms with Crippen LogP contribution in [0.4, 0.5) is 52.7 Å². The van der Waals surface area contributed by atoms with Crippen LogP contribution in [0, 0.1) is 0 Å². The number of carbonyl (C=O) groups excluding carboxylic acids is 4. The molecule has 0 amide bonds. The lowest BCUT2D eigenvalue weighted by atomic mass is 9.99. The number of rotatable bonds is 8. The van der Waals surface area contributed by atoms with Gasteiger partial charge in [0.25, 0.3) is 0 Å². The summed E-state index contributed by atoms with van der Waals surface area (Å²) in [5.41, 5.74) is -8.40. The number of ether oxygens (including phenoxy) is 4. The molecule has 3 aromatic rings. The second kappa shape index (κ2) is 13.2. The topological polar surface area (TPSA) is 105 Å². The van der Waals surface area contributed by atoms with Crippen molar-refractivity contribution in [2.75, 3.05) is 0 Å². The van der Waals surface area contributed by atoms with Gasteiger partial charge in [-0.15, -0.1) is 0 Å². The van der Waals surface area contributed by atoms with E-state index in [1.54, 1.807) is 0 Å². The molecule has 3 rings (SSSR count). The van der Waals surface area contributed by atoms with Crippen molar-refractivity contribution in [3.63, 3.8) is 0 Å². The van der Waals surface area contributed by atoms with Crippen LogP contribution in [-0.2, 0) is 19.2 Å². The van der Waals surface area contributed by atoms with Crippen molar-refractivity contribution >= 4 is 45.4 Å². The molecule has 0 heterocycles. The minimum Gasteiger partial charge on any atom is -0.423 e. The molecule has 0 saturated heterocycles. The van der Waals surface area contributed by atoms with E-state index in [1.165, 1.54) is 0 Å². The summed E-state index contributed by atoms with van der Waals surface area (Å²) in [6.45, 7) is 10.1. The van der Waals surface area contributed by atoms with Crippen molar-refractivity contribution in [3.8, 4) is 23.0 Å². The van der Waals surface area contributed by atoms with Gasteiger partial charge in [-0.25, -0.2) is 19.2 Å². The lowest BCUT2D eigenvalue weighted by molar-refractivity contribution is -0.144. The monoisotopic (exact) mass is 730 g/mol. The maximum atomic E-state index is 13.1. The van der Waals surface area contributed by atoms with Gasteiger partial charge in [0, 0.05) is 22.9 Å². The van der Waals surface area contributed by atoms with Gasteiger partial charge in [0.15, 0.2) is 0 Å². The van der Waals surface area contributed by atoms with E-state index in [4.69, 9.17) is 9.47 Å². The Kier molecular flexibility index (Phi) is 10.2. The van der Waals surface area contributed by atoms with Crippen molar-refractivity contribution < 1.29 is 90.8 Å². The maximum absolute atomic E-state index is 13.1. The first-order chi connectivity index (χ1) is 22.6. The van der Waals surface area contributed by atoms with Crippen molar-refractivity contribution in [2.45, 2.75) is 24.7 Å². The fourth-order valence-corrected chi connectivity index (χ4v) is 3.57. The molecule has 0 spiro atoms. The first-order valence-corrected chi connectivity index (χ1v) is 12.6. The van der Waals surface area contributed by atoms with Crippen LogP contribution >= 0.6 is 0 Å². The Morgan fingerprint density at radius 2 is 0.640 bits per heavy atom. The van der Waals surface area contributed by atoms with Crippen molar-refractivity contribution in [1.82, 2.24) is 0 Å². The van der Waals surface area contributed by atoms with E-state index in [-0.39, 0.29) is 0 Å². The van der Waals surface area contributed by atoms with E-state index in [2.05, 4.69) is 35.8 Å². The smallest absolute Gasteiger partial charge is 0.422 e. The highest BCUT2D eigenvalue weighted by molar-refractivity contribution is 6.13. The van der Waals surface area contributed by atoms with E-state index in [1.807, 2.05) is 0 Å². The van der Waals surface area contributed by atoms with E-state index in [0.29, 0.717) is 24.3 Å². The molecule has 0 bridgehead atoms. The highest BCUT2D eigenvalue weighted by atomic mass is 19.4. The van der Waals surface area contributed by atoms with E-state index < -0.39 is 115 Å². The highest BCUT2D eigenvalue weighted by Gasteiger charge is 2.41. The van der Waals surface area contributed by atoms with Gasteiger partial charge in [0.2, 0.25) is 0 Å². The molecule has 0 aliphatic carbocycles. The molecule has 0 saturated carbocycles. The number of carbonyl (C=O) groups is 4. The summed E-state index contributed by atoms with van der Waals surface area (Å²) in [5, 5.41) is -2.11. The van der Waals surface area contributed by atoms with Gasteiger partial charge in [-0.05, 0) is 35.0 Å². The Hall–Kier alpha value is -5.82. The number of halogens is 12. The van der Waals surface area contributed by atoms with Gasteiger partial charge < -0.3 is 18.9 Å². The van der Waals surface area contributed by atoms with Gasteiger partial charge in [-0.1, -0.05) is 26.3 Å². The fraction of sp³-hybridized carbons (Fsp3) is 0.133. The summed E-state index contributed by atoms with van der Waals surface area (Å²) in [5.74, 6) is -12.7. The van der Waals surface area contributed by atoms with E-state index in [0.717, 1.165) is 12.1 Å². The summed E-state index contributed by atoms with van der Waals surface area (Å²) in [7, 11) is 0. The van der Waals surface area contributed by atoms with Gasteiger partial charge in [0.1, 0.15) is 45.3 Å². The van der Waals surface area contributed by atoms with E-state index >= 15 is 0 Å². The summed E-state index contributed by atoms with van der Waals surface area (Å²) >= 11 is 0. The number of alkyl halides is 12. The van der Waals surface area contributed by atoms with E-state index in [9.17, 15) is 71.9 Å². The Morgan fingerprint density at radius 3 is 0.880 bits per heavy atom. The Bertz CT molecular complexity index is 1860. The molecule has 0 aromatic heterocycles. The highest BCUT2D eigenvalue weighted by Crippen LogP contribution is 2.42. The molecule has 20 heteroatoms. The molecule has 3 aromatic carbocycles. The SMILES string of the molecule is C=C(C(=O)Oc1cc(OC(=O)C(=C)C(F)(F)F)c2ccc3c(OC(=O)C(=C)C(F)(F)F)cc(OC(=O)C(=C)C(F)(F)F)cc3c2c1)C(F)(F)F. The zero-order chi connectivity index (χ0) is 38.3. The van der Waals surface area contributed by atoms with Gasteiger partial charge in [-0.2, -0.15) is 52.7 Å². The normalized spacial score (nSPS) is 12.2. The van der Waals surface area contributed by atoms with Crippen LogP contribution in [-0.4, -0.2) is 48.6 Å². The lowest BCUT2D eigenvalue weighted by Gasteiger charge is -2.17. The lowest BCUT2D eigenvalue weighted by Crippen LogP contribution is -2.24. The molecule has 50 heavy (non-hydrogen) atoms. The number of esters is 4. The molecule has 0 N–H and O–H groups in total. The predicted molar refractivity (Wildman–Crippen MR) is 145 cm³/mol. The molecular weight excluding hydrogens is 716 g/mol. The average Bonchev–Trinajstić information content (AvgIpc) is 2.97. The second-order valence-corrected chi connectivity index (χ2v) is 9.56. The van der Waals surface area contributed by atoms with Crippen LogP contribution in [0.5, 0.6) is 23.0 Å². The van der Waals surface area contributed by atoms with Crippen LogP contribution in [0.1, 0.15) is 0 Å². The minimum absolute atomic E-state index is 0.461. The molecule has 0 atom stereocenters. The fourth-order valence-electron chi connectivity index (χ4n) is 3.57. The van der Waals surface area contributed by atoms with Crippen molar-refractivity contribution in [1.29, 1.82) is 0 Å². The maximum Gasteiger partial charge on any atom is 0.422 e. The molecule has 0 aliphatic rings. The molecule has 0 radical (unpaired) electrons. The Morgan fingerprint density at radius 1 is 0.400 bits per heavy atom. The quantitative estimate of drug-likeness (QED) is 0.0754. The Balaban J connectivity index is 2.38. The van der Waals surface area contributed by atoms with Crippen LogP contribution in [0.25, 0.3) is 21.5 Å².